The summed E-state index contributed by atoms with van der Waals surface area (Å²) in [6.45, 7) is 0. The van der Waals surface area contributed by atoms with E-state index >= 15 is 0 Å². The largest absolute Gasteiger partial charge is 0.326 e. The molecule has 2 aromatic rings. The molecule has 2 heterocycles. The first-order valence-electron chi connectivity index (χ1n) is 8.76. The number of amides is 2. The second kappa shape index (κ2) is 7.76. The summed E-state index contributed by atoms with van der Waals surface area (Å²) in [7, 11) is 0. The van der Waals surface area contributed by atoms with E-state index in [1.807, 2.05) is 53.9 Å². The highest BCUT2D eigenvalue weighted by Gasteiger charge is 2.18. The van der Waals surface area contributed by atoms with Crippen molar-refractivity contribution in [3.63, 3.8) is 0 Å². The highest BCUT2D eigenvalue weighted by Crippen LogP contribution is 2.43. The van der Waals surface area contributed by atoms with E-state index in [1.54, 1.807) is 0 Å². The molecule has 0 aromatic heterocycles. The molecule has 0 bridgehead atoms. The van der Waals surface area contributed by atoms with Gasteiger partial charge in [-0.2, -0.15) is 0 Å². The van der Waals surface area contributed by atoms with Crippen molar-refractivity contribution in [3.8, 4) is 0 Å². The van der Waals surface area contributed by atoms with E-state index in [9.17, 15) is 9.59 Å². The van der Waals surface area contributed by atoms with Crippen LogP contribution in [-0.2, 0) is 11.2 Å². The molecule has 0 atom stereocenters. The number of nitrogens with one attached hydrogen (secondary N) is 2. The van der Waals surface area contributed by atoms with Gasteiger partial charge in [0.15, 0.2) is 0 Å². The van der Waals surface area contributed by atoms with Crippen molar-refractivity contribution in [2.24, 2.45) is 0 Å². The molecule has 1 saturated heterocycles. The Morgan fingerprint density at radius 1 is 1.04 bits per heavy atom. The minimum absolute atomic E-state index is 0.0451. The third-order valence-electron chi connectivity index (χ3n) is 4.53. The average molecular weight is 385 g/mol. The molecule has 2 amide bonds. The number of benzene rings is 2. The van der Waals surface area contributed by atoms with Crippen LogP contribution in [0.1, 0.15) is 38.9 Å². The van der Waals surface area contributed by atoms with E-state index in [-0.39, 0.29) is 11.8 Å². The first kappa shape index (κ1) is 17.5. The fourth-order valence-corrected chi connectivity index (χ4v) is 6.03. The van der Waals surface area contributed by atoms with E-state index in [4.69, 9.17) is 0 Å². The molecule has 0 spiro atoms. The van der Waals surface area contributed by atoms with Gasteiger partial charge in [-0.3, -0.25) is 9.59 Å². The quantitative estimate of drug-likeness (QED) is 0.806. The Kier molecular flexibility index (Phi) is 5.22. The minimum Gasteiger partial charge on any atom is -0.326 e. The van der Waals surface area contributed by atoms with Gasteiger partial charge in [0.05, 0.1) is 4.58 Å². The summed E-state index contributed by atoms with van der Waals surface area (Å²) >= 11 is 3.96. The number of rotatable bonds is 3. The van der Waals surface area contributed by atoms with E-state index < -0.39 is 0 Å². The normalized spacial score (nSPS) is 17.3. The number of aryl methyl sites for hydroxylation is 1. The number of hydrogen-bond acceptors (Lipinski definition) is 4. The molecule has 26 heavy (non-hydrogen) atoms. The summed E-state index contributed by atoms with van der Waals surface area (Å²) in [6.07, 6.45) is 2.47. The highest BCUT2D eigenvalue weighted by molar-refractivity contribution is 8.16. The predicted molar refractivity (Wildman–Crippen MR) is 110 cm³/mol. The standard InChI is InChI=1S/C20H20N2O2S2/c23-18-9-6-15-12-16(7-8-17(15)22-18)21-19(24)13-2-4-14(5-3-13)20-25-10-1-11-26-20/h2-5,7-8,12,20H,1,6,9-11H2,(H,21,24)(H,22,23). The second-order valence-corrected chi connectivity index (χ2v) is 9.15. The fourth-order valence-electron chi connectivity index (χ4n) is 3.14. The Morgan fingerprint density at radius 3 is 2.58 bits per heavy atom. The smallest absolute Gasteiger partial charge is 0.255 e. The van der Waals surface area contributed by atoms with E-state index in [2.05, 4.69) is 22.8 Å². The SMILES string of the molecule is O=C1CCc2cc(NC(=O)c3ccc(C4SCCCS4)cc3)ccc2N1. The molecule has 2 aliphatic heterocycles. The summed E-state index contributed by atoms with van der Waals surface area (Å²) in [4.78, 5) is 24.0. The van der Waals surface area contributed by atoms with Crippen LogP contribution in [0.3, 0.4) is 0 Å². The number of carbonyl (C=O) groups is 2. The highest BCUT2D eigenvalue weighted by atomic mass is 32.2. The van der Waals surface area contributed by atoms with Crippen molar-refractivity contribution in [2.75, 3.05) is 22.1 Å². The van der Waals surface area contributed by atoms with Crippen molar-refractivity contribution in [2.45, 2.75) is 23.8 Å². The first-order chi connectivity index (χ1) is 12.7. The van der Waals surface area contributed by atoms with Crippen molar-refractivity contribution in [3.05, 3.63) is 59.2 Å². The lowest BCUT2D eigenvalue weighted by Crippen LogP contribution is -2.19. The molecule has 4 nitrogen and oxygen atoms in total. The summed E-state index contributed by atoms with van der Waals surface area (Å²) < 4.78 is 0.483. The van der Waals surface area contributed by atoms with Crippen LogP contribution in [0.15, 0.2) is 42.5 Å². The number of carbonyl (C=O) groups excluding carboxylic acids is 2. The van der Waals surface area contributed by atoms with Gasteiger partial charge in [0, 0.05) is 23.4 Å². The zero-order valence-corrected chi connectivity index (χ0v) is 15.9. The zero-order valence-electron chi connectivity index (χ0n) is 14.3. The zero-order chi connectivity index (χ0) is 17.9. The lowest BCUT2D eigenvalue weighted by Gasteiger charge is -2.21. The number of fused-ring (bicyclic) bond motifs is 1. The summed E-state index contributed by atoms with van der Waals surface area (Å²) in [6, 6.07) is 13.5. The molecule has 2 aromatic carbocycles. The van der Waals surface area contributed by atoms with Crippen LogP contribution in [0.25, 0.3) is 0 Å². The molecule has 0 unspecified atom stereocenters. The van der Waals surface area contributed by atoms with Gasteiger partial charge < -0.3 is 10.6 Å². The van der Waals surface area contributed by atoms with Gasteiger partial charge in [-0.25, -0.2) is 0 Å². The third kappa shape index (κ3) is 3.91. The lowest BCUT2D eigenvalue weighted by molar-refractivity contribution is -0.116. The molecule has 4 rings (SSSR count). The Morgan fingerprint density at radius 2 is 1.81 bits per heavy atom. The minimum atomic E-state index is -0.111. The van der Waals surface area contributed by atoms with Gasteiger partial charge >= 0.3 is 0 Å². The monoisotopic (exact) mass is 384 g/mol. The van der Waals surface area contributed by atoms with Crippen LogP contribution in [-0.4, -0.2) is 23.3 Å². The summed E-state index contributed by atoms with van der Waals surface area (Å²) in [5.74, 6) is 2.35. The van der Waals surface area contributed by atoms with Gasteiger partial charge in [0.1, 0.15) is 0 Å². The van der Waals surface area contributed by atoms with Crippen molar-refractivity contribution in [1.82, 2.24) is 0 Å². The van der Waals surface area contributed by atoms with Crippen LogP contribution in [0.2, 0.25) is 0 Å². The van der Waals surface area contributed by atoms with Crippen molar-refractivity contribution < 1.29 is 9.59 Å². The van der Waals surface area contributed by atoms with Crippen molar-refractivity contribution in [1.29, 1.82) is 0 Å². The van der Waals surface area contributed by atoms with Gasteiger partial charge in [-0.15, -0.1) is 23.5 Å². The van der Waals surface area contributed by atoms with Crippen LogP contribution >= 0.6 is 23.5 Å². The van der Waals surface area contributed by atoms with Crippen LogP contribution < -0.4 is 10.6 Å². The molecule has 0 aliphatic carbocycles. The predicted octanol–water partition coefficient (Wildman–Crippen LogP) is 4.69. The number of anilines is 2. The first-order valence-corrected chi connectivity index (χ1v) is 10.9. The van der Waals surface area contributed by atoms with Gasteiger partial charge in [-0.05, 0) is 65.8 Å². The van der Waals surface area contributed by atoms with Gasteiger partial charge in [0.25, 0.3) is 5.91 Å². The molecule has 0 radical (unpaired) electrons. The van der Waals surface area contributed by atoms with E-state index in [1.165, 1.54) is 23.5 Å². The molecule has 2 aliphatic rings. The second-order valence-electron chi connectivity index (χ2n) is 6.42. The van der Waals surface area contributed by atoms with E-state index in [0.717, 1.165) is 16.9 Å². The average Bonchev–Trinajstić information content (AvgIpc) is 2.69. The summed E-state index contributed by atoms with van der Waals surface area (Å²) in [5.41, 5.74) is 4.59. The number of thioether (sulfide) groups is 2. The number of hydrogen-bond donors (Lipinski definition) is 2. The van der Waals surface area contributed by atoms with E-state index in [0.29, 0.717) is 23.0 Å². The van der Waals surface area contributed by atoms with Crippen molar-refractivity contribution >= 4 is 46.7 Å². The fraction of sp³-hybridized carbons (Fsp3) is 0.300. The molecule has 1 fully saturated rings. The molecular weight excluding hydrogens is 364 g/mol. The molecule has 6 heteroatoms. The van der Waals surface area contributed by atoms with Crippen LogP contribution in [0, 0.1) is 0 Å². The van der Waals surface area contributed by atoms with Gasteiger partial charge in [-0.1, -0.05) is 12.1 Å². The maximum Gasteiger partial charge on any atom is 0.255 e. The Hall–Kier alpha value is -1.92. The van der Waals surface area contributed by atoms with Gasteiger partial charge in [0.2, 0.25) is 5.91 Å². The third-order valence-corrected chi connectivity index (χ3v) is 7.55. The Balaban J connectivity index is 1.44. The maximum absolute atomic E-state index is 12.5. The lowest BCUT2D eigenvalue weighted by atomic mass is 10.0. The molecular formula is C20H20N2O2S2. The molecule has 2 N–H and O–H groups in total. The topological polar surface area (TPSA) is 58.2 Å². The molecule has 0 saturated carbocycles. The van der Waals surface area contributed by atoms with Crippen LogP contribution in [0.4, 0.5) is 11.4 Å². The Bertz CT molecular complexity index is 830. The summed E-state index contributed by atoms with van der Waals surface area (Å²) in [5, 5.41) is 5.81. The Labute approximate surface area is 161 Å². The van der Waals surface area contributed by atoms with Crippen LogP contribution in [0.5, 0.6) is 0 Å². The molecule has 134 valence electrons. The maximum atomic E-state index is 12.5.